The fourth-order valence-corrected chi connectivity index (χ4v) is 4.28. The molecule has 0 saturated heterocycles. The van der Waals surface area contributed by atoms with Gasteiger partial charge in [0.1, 0.15) is 5.75 Å². The van der Waals surface area contributed by atoms with Crippen LogP contribution in [0, 0.1) is 13.8 Å². The molecule has 0 amide bonds. The summed E-state index contributed by atoms with van der Waals surface area (Å²) in [7, 11) is -3.77. The number of phenolic OH excluding ortho intramolecular Hbond substituents is 1. The number of hydrogen-bond donors (Lipinski definition) is 2. The van der Waals surface area contributed by atoms with E-state index < -0.39 is 10.0 Å². The Hall–Kier alpha value is -1.38. The van der Waals surface area contributed by atoms with E-state index in [1.165, 1.54) is 6.21 Å². The molecule has 8 heteroatoms. The lowest BCUT2D eigenvalue weighted by Crippen LogP contribution is -2.19. The molecule has 0 aliphatic rings. The van der Waals surface area contributed by atoms with Crippen molar-refractivity contribution in [3.63, 3.8) is 0 Å². The van der Waals surface area contributed by atoms with Crippen molar-refractivity contribution in [2.45, 2.75) is 18.7 Å². The Kier molecular flexibility index (Phi) is 5.49. The minimum Gasteiger partial charge on any atom is -0.506 e. The van der Waals surface area contributed by atoms with Crippen molar-refractivity contribution in [2.75, 3.05) is 0 Å². The van der Waals surface area contributed by atoms with Crippen LogP contribution in [-0.4, -0.2) is 19.7 Å². The highest BCUT2D eigenvalue weighted by Gasteiger charge is 2.16. The molecule has 0 bridgehead atoms. The topological polar surface area (TPSA) is 78.8 Å². The maximum Gasteiger partial charge on any atom is 0.276 e. The lowest BCUT2D eigenvalue weighted by molar-refractivity contribution is 0.471. The minimum absolute atomic E-state index is 0.0251. The molecule has 5 nitrogen and oxygen atoms in total. The number of benzene rings is 2. The van der Waals surface area contributed by atoms with Crippen molar-refractivity contribution in [3.8, 4) is 5.75 Å². The van der Waals surface area contributed by atoms with Crippen LogP contribution in [0.3, 0.4) is 0 Å². The van der Waals surface area contributed by atoms with E-state index in [-0.39, 0.29) is 10.6 Å². The second-order valence-electron chi connectivity index (χ2n) is 4.95. The van der Waals surface area contributed by atoms with Gasteiger partial charge in [0.15, 0.2) is 0 Å². The SMILES string of the molecule is Cc1ccc(C)c(S(=O)(=O)N/N=C/c2cc(Br)cc(Br)c2O)c1. The number of rotatable bonds is 4. The number of nitrogens with zero attached hydrogens (tertiary/aromatic N) is 1. The summed E-state index contributed by atoms with van der Waals surface area (Å²) in [6, 6.07) is 8.46. The van der Waals surface area contributed by atoms with Crippen molar-refractivity contribution < 1.29 is 13.5 Å². The lowest BCUT2D eigenvalue weighted by Gasteiger charge is -2.08. The molecule has 0 unspecified atom stereocenters. The minimum atomic E-state index is -3.77. The van der Waals surface area contributed by atoms with Crippen molar-refractivity contribution >= 4 is 48.1 Å². The molecule has 0 atom stereocenters. The van der Waals surface area contributed by atoms with Crippen LogP contribution >= 0.6 is 31.9 Å². The van der Waals surface area contributed by atoms with Gasteiger partial charge in [-0.1, -0.05) is 28.1 Å². The quantitative estimate of drug-likeness (QED) is 0.536. The van der Waals surface area contributed by atoms with Crippen LogP contribution in [-0.2, 0) is 10.0 Å². The molecule has 0 radical (unpaired) electrons. The fourth-order valence-electron chi connectivity index (χ4n) is 1.90. The molecule has 0 aromatic heterocycles. The van der Waals surface area contributed by atoms with Crippen LogP contribution in [0.5, 0.6) is 5.75 Å². The molecule has 2 N–H and O–H groups in total. The Morgan fingerprint density at radius 2 is 1.87 bits per heavy atom. The second kappa shape index (κ2) is 7.02. The zero-order chi connectivity index (χ0) is 17.2. The predicted octanol–water partition coefficient (Wildman–Crippen LogP) is 3.85. The van der Waals surface area contributed by atoms with Gasteiger partial charge in [0.05, 0.1) is 15.6 Å². The summed E-state index contributed by atoms with van der Waals surface area (Å²) in [5, 5.41) is 13.7. The molecule has 2 rings (SSSR count). The van der Waals surface area contributed by atoms with E-state index in [9.17, 15) is 13.5 Å². The largest absolute Gasteiger partial charge is 0.506 e. The average Bonchev–Trinajstić information content (AvgIpc) is 2.46. The molecule has 2 aromatic rings. The molecule has 0 heterocycles. The van der Waals surface area contributed by atoms with Crippen LogP contribution in [0.4, 0.5) is 0 Å². The summed E-state index contributed by atoms with van der Waals surface area (Å²) < 4.78 is 25.8. The van der Waals surface area contributed by atoms with Crippen LogP contribution in [0.15, 0.2) is 49.3 Å². The molecule has 23 heavy (non-hydrogen) atoms. The Bertz CT molecular complexity index is 881. The third-order valence-electron chi connectivity index (χ3n) is 3.07. The van der Waals surface area contributed by atoms with Crippen molar-refractivity contribution in [3.05, 3.63) is 56.0 Å². The van der Waals surface area contributed by atoms with Gasteiger partial charge < -0.3 is 5.11 Å². The number of nitrogens with one attached hydrogen (secondary N) is 1. The number of hydrogen-bond acceptors (Lipinski definition) is 4. The first kappa shape index (κ1) is 18.0. The van der Waals surface area contributed by atoms with Gasteiger partial charge in [-0.05, 0) is 59.1 Å². The highest BCUT2D eigenvalue weighted by Crippen LogP contribution is 2.30. The first-order valence-electron chi connectivity index (χ1n) is 6.51. The van der Waals surface area contributed by atoms with Gasteiger partial charge in [-0.2, -0.15) is 13.5 Å². The second-order valence-corrected chi connectivity index (χ2v) is 8.35. The van der Waals surface area contributed by atoms with Crippen LogP contribution in [0.1, 0.15) is 16.7 Å². The van der Waals surface area contributed by atoms with Crippen LogP contribution < -0.4 is 4.83 Å². The number of hydrazone groups is 1. The van der Waals surface area contributed by atoms with Crippen LogP contribution in [0.2, 0.25) is 0 Å². The maximum atomic E-state index is 12.3. The van der Waals surface area contributed by atoms with Crippen molar-refractivity contribution in [2.24, 2.45) is 5.10 Å². The summed E-state index contributed by atoms with van der Waals surface area (Å²) in [5.74, 6) is -0.0251. The number of phenols is 1. The van der Waals surface area contributed by atoms with Crippen molar-refractivity contribution in [1.82, 2.24) is 4.83 Å². The molecule has 2 aromatic carbocycles. The molecule has 0 aliphatic heterocycles. The molecule has 0 aliphatic carbocycles. The smallest absolute Gasteiger partial charge is 0.276 e. The van der Waals surface area contributed by atoms with Crippen molar-refractivity contribution in [1.29, 1.82) is 0 Å². The number of aryl methyl sites for hydroxylation is 2. The Labute approximate surface area is 151 Å². The summed E-state index contributed by atoms with van der Waals surface area (Å²) in [6.07, 6.45) is 1.24. The molecular weight excluding hydrogens is 448 g/mol. The highest BCUT2D eigenvalue weighted by molar-refractivity contribution is 9.11. The Balaban J connectivity index is 2.28. The third kappa shape index (κ3) is 4.33. The van der Waals surface area contributed by atoms with Crippen LogP contribution in [0.25, 0.3) is 0 Å². The average molecular weight is 462 g/mol. The van der Waals surface area contributed by atoms with E-state index in [0.717, 1.165) is 10.0 Å². The molecule has 0 spiro atoms. The van der Waals surface area contributed by atoms with Gasteiger partial charge in [-0.3, -0.25) is 0 Å². The lowest BCUT2D eigenvalue weighted by atomic mass is 10.2. The standard InChI is InChI=1S/C15H14Br2N2O3S/c1-9-3-4-10(2)14(5-9)23(21,22)19-18-8-11-6-12(16)7-13(17)15(11)20/h3-8,19-20H,1-2H3/b18-8+. The molecule has 122 valence electrons. The summed E-state index contributed by atoms with van der Waals surface area (Å²) >= 11 is 6.49. The first-order valence-corrected chi connectivity index (χ1v) is 9.58. The Morgan fingerprint density at radius 1 is 1.17 bits per heavy atom. The van der Waals surface area contributed by atoms with Gasteiger partial charge in [-0.15, -0.1) is 0 Å². The third-order valence-corrected chi connectivity index (χ3v) is 5.49. The maximum absolute atomic E-state index is 12.3. The zero-order valence-electron chi connectivity index (χ0n) is 12.3. The molecule has 0 fully saturated rings. The number of sulfonamides is 1. The predicted molar refractivity (Wildman–Crippen MR) is 97.3 cm³/mol. The number of halogens is 2. The Morgan fingerprint density at radius 3 is 2.57 bits per heavy atom. The van der Waals surface area contributed by atoms with E-state index in [1.54, 1.807) is 31.2 Å². The molecular formula is C15H14Br2N2O3S. The monoisotopic (exact) mass is 460 g/mol. The van der Waals surface area contributed by atoms with E-state index in [2.05, 4.69) is 41.8 Å². The van der Waals surface area contributed by atoms with Gasteiger partial charge in [0.25, 0.3) is 10.0 Å². The number of aromatic hydroxyl groups is 1. The van der Waals surface area contributed by atoms with E-state index >= 15 is 0 Å². The highest BCUT2D eigenvalue weighted by atomic mass is 79.9. The van der Waals surface area contributed by atoms with Gasteiger partial charge in [-0.25, -0.2) is 4.83 Å². The van der Waals surface area contributed by atoms with E-state index in [4.69, 9.17) is 0 Å². The van der Waals surface area contributed by atoms with Gasteiger partial charge in [0, 0.05) is 10.0 Å². The van der Waals surface area contributed by atoms with Gasteiger partial charge in [0.2, 0.25) is 0 Å². The summed E-state index contributed by atoms with van der Waals surface area (Å²) in [5.41, 5.74) is 1.84. The fraction of sp³-hybridized carbons (Fsp3) is 0.133. The zero-order valence-corrected chi connectivity index (χ0v) is 16.3. The molecule has 0 saturated carbocycles. The van der Waals surface area contributed by atoms with E-state index in [0.29, 0.717) is 15.6 Å². The van der Waals surface area contributed by atoms with E-state index in [1.807, 2.05) is 13.0 Å². The summed E-state index contributed by atoms with van der Waals surface area (Å²) in [4.78, 5) is 2.33. The summed E-state index contributed by atoms with van der Waals surface area (Å²) in [6.45, 7) is 3.54. The van der Waals surface area contributed by atoms with Gasteiger partial charge >= 0.3 is 0 Å². The first-order chi connectivity index (χ1) is 10.7. The normalized spacial score (nSPS) is 11.8.